The lowest BCUT2D eigenvalue weighted by Gasteiger charge is -2.13. The Morgan fingerprint density at radius 1 is 1.36 bits per heavy atom. The van der Waals surface area contributed by atoms with Crippen LogP contribution in [0.2, 0.25) is 0 Å². The van der Waals surface area contributed by atoms with Gasteiger partial charge in [-0.2, -0.15) is 13.2 Å². The monoisotopic (exact) mass is 332 g/mol. The fraction of sp³-hybridized carbons (Fsp3) is 0.333. The predicted molar refractivity (Wildman–Crippen MR) is 60.6 cm³/mol. The van der Waals surface area contributed by atoms with Gasteiger partial charge in [0.15, 0.2) is 0 Å². The van der Waals surface area contributed by atoms with Crippen molar-refractivity contribution in [2.45, 2.75) is 18.0 Å². The van der Waals surface area contributed by atoms with Crippen molar-refractivity contribution < 1.29 is 13.2 Å². The lowest BCUT2D eigenvalue weighted by Crippen LogP contribution is -2.09. The van der Waals surface area contributed by atoms with Crippen LogP contribution >= 0.6 is 34.4 Å². The lowest BCUT2D eigenvalue weighted by atomic mass is 10.2. The Kier molecular flexibility index (Phi) is 4.12. The molecule has 1 aromatic rings. The van der Waals surface area contributed by atoms with Gasteiger partial charge in [-0.05, 0) is 40.5 Å². The molecule has 0 saturated heterocycles. The van der Waals surface area contributed by atoms with Crippen LogP contribution in [0, 0.1) is 3.57 Å². The molecular weight excluding hydrogens is 324 g/mol. The molecule has 0 aromatic heterocycles. The van der Waals surface area contributed by atoms with Crippen molar-refractivity contribution in [2.75, 3.05) is 5.75 Å². The zero-order valence-corrected chi connectivity index (χ0v) is 10.3. The van der Waals surface area contributed by atoms with Crippen molar-refractivity contribution in [3.8, 4) is 0 Å². The summed E-state index contributed by atoms with van der Waals surface area (Å²) in [5.74, 6) is 0.642. The molecule has 0 spiro atoms. The first-order valence-corrected chi connectivity index (χ1v) is 6.01. The molecule has 0 fully saturated rings. The van der Waals surface area contributed by atoms with E-state index in [1.165, 1.54) is 23.9 Å². The van der Waals surface area contributed by atoms with Crippen LogP contribution in [0.4, 0.5) is 13.2 Å². The summed E-state index contributed by atoms with van der Waals surface area (Å²) in [5.41, 5.74) is -0.507. The zero-order valence-electron chi connectivity index (χ0n) is 7.36. The summed E-state index contributed by atoms with van der Waals surface area (Å²) in [6, 6.07) is 4.64. The fourth-order valence-electron chi connectivity index (χ4n) is 1.06. The summed E-state index contributed by atoms with van der Waals surface area (Å²) in [7, 11) is 0. The van der Waals surface area contributed by atoms with Gasteiger partial charge in [-0.15, -0.1) is 11.8 Å². The van der Waals surface area contributed by atoms with Gasteiger partial charge in [0.1, 0.15) is 0 Å². The van der Waals surface area contributed by atoms with E-state index < -0.39 is 11.7 Å². The summed E-state index contributed by atoms with van der Waals surface area (Å²) in [4.78, 5) is 0.312. The molecule has 0 amide bonds. The van der Waals surface area contributed by atoms with Crippen LogP contribution in [0.3, 0.4) is 0 Å². The molecule has 0 atom stereocenters. The van der Waals surface area contributed by atoms with Gasteiger partial charge in [-0.1, -0.05) is 13.0 Å². The molecule has 0 saturated carbocycles. The van der Waals surface area contributed by atoms with Crippen LogP contribution in [0.5, 0.6) is 0 Å². The Balaban J connectivity index is 3.22. The van der Waals surface area contributed by atoms with Crippen LogP contribution in [0.15, 0.2) is 23.1 Å². The Hall–Kier alpha value is 0.0900. The number of hydrogen-bond donors (Lipinski definition) is 0. The minimum Gasteiger partial charge on any atom is -0.166 e. The van der Waals surface area contributed by atoms with Crippen molar-refractivity contribution in [3.05, 3.63) is 27.3 Å². The molecule has 0 radical (unpaired) electrons. The molecule has 78 valence electrons. The molecule has 0 heterocycles. The number of benzene rings is 1. The number of halogens is 4. The van der Waals surface area contributed by atoms with Gasteiger partial charge >= 0.3 is 6.18 Å². The normalized spacial score (nSPS) is 11.8. The quantitative estimate of drug-likeness (QED) is 0.571. The average Bonchev–Trinajstić information content (AvgIpc) is 2.02. The van der Waals surface area contributed by atoms with Gasteiger partial charge < -0.3 is 0 Å². The van der Waals surface area contributed by atoms with E-state index in [1.54, 1.807) is 28.7 Å². The SMILES string of the molecule is CCSc1cccc(I)c1C(F)(F)F. The molecule has 0 nitrogen and oxygen atoms in total. The summed E-state index contributed by atoms with van der Waals surface area (Å²) >= 11 is 2.94. The Morgan fingerprint density at radius 3 is 2.50 bits per heavy atom. The molecule has 0 aliphatic heterocycles. The van der Waals surface area contributed by atoms with E-state index in [9.17, 15) is 13.2 Å². The first-order chi connectivity index (χ1) is 6.46. The lowest BCUT2D eigenvalue weighted by molar-refractivity contribution is -0.140. The van der Waals surface area contributed by atoms with E-state index in [2.05, 4.69) is 0 Å². The van der Waals surface area contributed by atoms with E-state index in [4.69, 9.17) is 0 Å². The Bertz CT molecular complexity index is 322. The summed E-state index contributed by atoms with van der Waals surface area (Å²) < 4.78 is 38.1. The highest BCUT2D eigenvalue weighted by Crippen LogP contribution is 2.39. The maximum Gasteiger partial charge on any atom is 0.418 e. The minimum absolute atomic E-state index is 0.258. The minimum atomic E-state index is -4.25. The van der Waals surface area contributed by atoms with Crippen molar-refractivity contribution in [2.24, 2.45) is 0 Å². The van der Waals surface area contributed by atoms with Gasteiger partial charge in [0.2, 0.25) is 0 Å². The number of thioether (sulfide) groups is 1. The highest BCUT2D eigenvalue weighted by atomic mass is 127. The molecule has 0 aliphatic rings. The highest BCUT2D eigenvalue weighted by molar-refractivity contribution is 14.1. The molecule has 5 heteroatoms. The molecule has 0 bridgehead atoms. The second-order valence-corrected chi connectivity index (χ2v) is 5.01. The average molecular weight is 332 g/mol. The fourth-order valence-corrected chi connectivity index (χ4v) is 2.90. The number of hydrogen-bond acceptors (Lipinski definition) is 1. The second-order valence-electron chi connectivity index (χ2n) is 2.54. The van der Waals surface area contributed by atoms with Crippen LogP contribution in [-0.4, -0.2) is 5.75 Å². The van der Waals surface area contributed by atoms with E-state index in [-0.39, 0.29) is 3.57 Å². The summed E-state index contributed by atoms with van der Waals surface area (Å²) in [6.07, 6.45) is -4.25. The summed E-state index contributed by atoms with van der Waals surface area (Å²) in [5, 5.41) is 0. The van der Waals surface area contributed by atoms with Gasteiger partial charge in [-0.25, -0.2) is 0 Å². The molecule has 1 rings (SSSR count). The largest absolute Gasteiger partial charge is 0.418 e. The Labute approximate surface area is 98.4 Å². The topological polar surface area (TPSA) is 0 Å². The molecule has 14 heavy (non-hydrogen) atoms. The van der Waals surface area contributed by atoms with Crippen LogP contribution < -0.4 is 0 Å². The molecule has 0 N–H and O–H groups in total. The smallest absolute Gasteiger partial charge is 0.166 e. The van der Waals surface area contributed by atoms with Gasteiger partial charge in [-0.3, -0.25) is 0 Å². The van der Waals surface area contributed by atoms with Crippen molar-refractivity contribution in [3.63, 3.8) is 0 Å². The molecule has 1 aromatic carbocycles. The van der Waals surface area contributed by atoms with Crippen LogP contribution in [-0.2, 0) is 6.18 Å². The second kappa shape index (κ2) is 4.74. The standard InChI is InChI=1S/C9H8F3IS/c1-2-14-7-5-3-4-6(13)8(7)9(10,11)12/h3-5H,2H2,1H3. The van der Waals surface area contributed by atoms with Gasteiger partial charge in [0, 0.05) is 8.47 Å². The maximum absolute atomic E-state index is 12.6. The molecule has 0 unspecified atom stereocenters. The molecular formula is C9H8F3IS. The van der Waals surface area contributed by atoms with E-state index in [0.29, 0.717) is 10.6 Å². The number of alkyl halides is 3. The Morgan fingerprint density at radius 2 is 2.00 bits per heavy atom. The first kappa shape index (κ1) is 12.2. The van der Waals surface area contributed by atoms with Crippen LogP contribution in [0.25, 0.3) is 0 Å². The van der Waals surface area contributed by atoms with E-state index in [0.717, 1.165) is 0 Å². The molecule has 0 aliphatic carbocycles. The third-order valence-corrected chi connectivity index (χ3v) is 3.40. The third-order valence-electron chi connectivity index (χ3n) is 1.56. The van der Waals surface area contributed by atoms with E-state index in [1.807, 2.05) is 6.92 Å². The van der Waals surface area contributed by atoms with Crippen LogP contribution in [0.1, 0.15) is 12.5 Å². The van der Waals surface area contributed by atoms with Crippen molar-refractivity contribution in [1.82, 2.24) is 0 Å². The predicted octanol–water partition coefficient (Wildman–Crippen LogP) is 4.42. The first-order valence-electron chi connectivity index (χ1n) is 3.95. The number of rotatable bonds is 2. The van der Waals surface area contributed by atoms with Gasteiger partial charge in [0.25, 0.3) is 0 Å². The van der Waals surface area contributed by atoms with Gasteiger partial charge in [0.05, 0.1) is 5.56 Å². The maximum atomic E-state index is 12.6. The highest BCUT2D eigenvalue weighted by Gasteiger charge is 2.35. The third kappa shape index (κ3) is 2.79. The zero-order chi connectivity index (χ0) is 10.8. The summed E-state index contributed by atoms with van der Waals surface area (Å²) in [6.45, 7) is 1.84. The van der Waals surface area contributed by atoms with Crippen molar-refractivity contribution in [1.29, 1.82) is 0 Å². The van der Waals surface area contributed by atoms with E-state index >= 15 is 0 Å². The van der Waals surface area contributed by atoms with Crippen molar-refractivity contribution >= 4 is 34.4 Å².